The molecule has 7 heteroatoms. The van der Waals surface area contributed by atoms with Gasteiger partial charge in [0.05, 0.1) is 11.0 Å². The van der Waals surface area contributed by atoms with E-state index in [0.717, 1.165) is 6.42 Å². The first-order valence-corrected chi connectivity index (χ1v) is 6.37. The van der Waals surface area contributed by atoms with Crippen molar-refractivity contribution in [2.24, 2.45) is 0 Å². The van der Waals surface area contributed by atoms with Gasteiger partial charge in [0, 0.05) is 19.8 Å². The molecule has 94 valence electrons. The van der Waals surface area contributed by atoms with E-state index >= 15 is 0 Å². The van der Waals surface area contributed by atoms with Gasteiger partial charge in [-0.05, 0) is 34.0 Å². The predicted molar refractivity (Wildman–Crippen MR) is 71.3 cm³/mol. The third-order valence-corrected chi connectivity index (χ3v) is 2.75. The molecule has 1 heterocycles. The normalized spacial score (nSPS) is 10.1. The van der Waals surface area contributed by atoms with Crippen LogP contribution in [-0.2, 0) is 4.79 Å². The lowest BCUT2D eigenvalue weighted by Gasteiger charge is -2.18. The Hall–Kier alpha value is -0.880. The summed E-state index contributed by atoms with van der Waals surface area (Å²) in [7, 11) is 1.77. The van der Waals surface area contributed by atoms with Gasteiger partial charge in [0.15, 0.2) is 0 Å². The number of hydrogen-bond donors (Lipinski definition) is 1. The van der Waals surface area contributed by atoms with Crippen molar-refractivity contribution in [2.45, 2.75) is 13.3 Å². The Balaban J connectivity index is 2.66. The van der Waals surface area contributed by atoms with E-state index in [1.807, 2.05) is 6.92 Å². The van der Waals surface area contributed by atoms with Crippen molar-refractivity contribution in [1.82, 2.24) is 15.3 Å². The van der Waals surface area contributed by atoms with Crippen molar-refractivity contribution in [2.75, 3.05) is 25.0 Å². The summed E-state index contributed by atoms with van der Waals surface area (Å²) in [6.45, 7) is 2.91. The number of carbonyl (C=O) groups excluding carboxylic acids is 1. The number of nitrogens with zero attached hydrogens (tertiary/aromatic N) is 3. The minimum Gasteiger partial charge on any atom is -0.355 e. The Morgan fingerprint density at radius 1 is 1.65 bits per heavy atom. The second kappa shape index (κ2) is 6.76. The topological polar surface area (TPSA) is 58.1 Å². The van der Waals surface area contributed by atoms with Gasteiger partial charge in [0.2, 0.25) is 11.2 Å². The van der Waals surface area contributed by atoms with E-state index in [0.29, 0.717) is 16.8 Å². The molecular formula is C10H14BrClN4O. The fraction of sp³-hybridized carbons (Fsp3) is 0.500. The molecule has 0 saturated heterocycles. The van der Waals surface area contributed by atoms with Crippen LogP contribution < -0.4 is 10.2 Å². The zero-order valence-electron chi connectivity index (χ0n) is 9.70. The van der Waals surface area contributed by atoms with Crippen molar-refractivity contribution in [3.05, 3.63) is 16.0 Å². The molecule has 0 aliphatic heterocycles. The SMILES string of the molecule is CCCNC(=O)CN(C)c1nc(Cl)ncc1Br. The molecule has 1 amide bonds. The molecule has 0 bridgehead atoms. The summed E-state index contributed by atoms with van der Waals surface area (Å²) in [4.78, 5) is 21.1. The molecule has 0 unspecified atom stereocenters. The van der Waals surface area contributed by atoms with E-state index in [4.69, 9.17) is 11.6 Å². The van der Waals surface area contributed by atoms with Crippen molar-refractivity contribution >= 4 is 39.3 Å². The van der Waals surface area contributed by atoms with Gasteiger partial charge in [-0.2, -0.15) is 4.98 Å². The zero-order chi connectivity index (χ0) is 12.8. The highest BCUT2D eigenvalue weighted by molar-refractivity contribution is 9.10. The highest BCUT2D eigenvalue weighted by Crippen LogP contribution is 2.22. The number of carbonyl (C=O) groups is 1. The molecule has 0 aliphatic rings. The van der Waals surface area contributed by atoms with Gasteiger partial charge in [-0.1, -0.05) is 6.92 Å². The number of hydrogen-bond acceptors (Lipinski definition) is 4. The van der Waals surface area contributed by atoms with Crippen LogP contribution in [0.1, 0.15) is 13.3 Å². The summed E-state index contributed by atoms with van der Waals surface area (Å²) >= 11 is 9.03. The monoisotopic (exact) mass is 320 g/mol. The highest BCUT2D eigenvalue weighted by atomic mass is 79.9. The fourth-order valence-electron chi connectivity index (χ4n) is 1.22. The quantitative estimate of drug-likeness (QED) is 0.841. The summed E-state index contributed by atoms with van der Waals surface area (Å²) < 4.78 is 0.702. The summed E-state index contributed by atoms with van der Waals surface area (Å²) in [6.07, 6.45) is 2.48. The second-order valence-corrected chi connectivity index (χ2v) is 4.71. The van der Waals surface area contributed by atoms with Crippen LogP contribution in [-0.4, -0.2) is 36.0 Å². The molecule has 0 spiro atoms. The molecule has 17 heavy (non-hydrogen) atoms. The first-order valence-electron chi connectivity index (χ1n) is 5.20. The molecule has 1 N–H and O–H groups in total. The zero-order valence-corrected chi connectivity index (χ0v) is 12.0. The Kier molecular flexibility index (Phi) is 5.64. The van der Waals surface area contributed by atoms with Crippen molar-refractivity contribution in [3.63, 3.8) is 0 Å². The van der Waals surface area contributed by atoms with Gasteiger partial charge >= 0.3 is 0 Å². The van der Waals surface area contributed by atoms with Gasteiger partial charge in [-0.25, -0.2) is 4.98 Å². The largest absolute Gasteiger partial charge is 0.355 e. The van der Waals surface area contributed by atoms with Crippen LogP contribution in [0.4, 0.5) is 5.82 Å². The van der Waals surface area contributed by atoms with Gasteiger partial charge < -0.3 is 10.2 Å². The lowest BCUT2D eigenvalue weighted by molar-refractivity contribution is -0.119. The number of anilines is 1. The standard InChI is InChI=1S/C10H14BrClN4O/c1-3-4-13-8(17)6-16(2)9-7(11)5-14-10(12)15-9/h5H,3-4,6H2,1-2H3,(H,13,17). The van der Waals surface area contributed by atoms with Gasteiger partial charge in [-0.15, -0.1) is 0 Å². The van der Waals surface area contributed by atoms with Gasteiger partial charge in [0.1, 0.15) is 5.82 Å². The minimum absolute atomic E-state index is 0.0454. The molecule has 1 aromatic rings. The van der Waals surface area contributed by atoms with Crippen LogP contribution in [0.2, 0.25) is 5.28 Å². The molecule has 0 aromatic carbocycles. The number of halogens is 2. The smallest absolute Gasteiger partial charge is 0.239 e. The first kappa shape index (κ1) is 14.2. The molecule has 0 aliphatic carbocycles. The van der Waals surface area contributed by atoms with Crippen molar-refractivity contribution in [3.8, 4) is 0 Å². The lowest BCUT2D eigenvalue weighted by atomic mass is 10.4. The van der Waals surface area contributed by atoms with Crippen LogP contribution in [0.15, 0.2) is 10.7 Å². The molecule has 0 fully saturated rings. The van der Waals surface area contributed by atoms with E-state index in [2.05, 4.69) is 31.2 Å². The number of rotatable bonds is 5. The minimum atomic E-state index is -0.0454. The second-order valence-electron chi connectivity index (χ2n) is 3.52. The Bertz CT molecular complexity index is 402. The highest BCUT2D eigenvalue weighted by Gasteiger charge is 2.12. The van der Waals surface area contributed by atoms with E-state index in [1.54, 1.807) is 18.1 Å². The molecular weight excluding hydrogens is 307 g/mol. The van der Waals surface area contributed by atoms with E-state index in [-0.39, 0.29) is 17.7 Å². The summed E-state index contributed by atoms with van der Waals surface area (Å²) in [5, 5.41) is 2.95. The van der Waals surface area contributed by atoms with E-state index in [9.17, 15) is 4.79 Å². The number of nitrogens with one attached hydrogen (secondary N) is 1. The maximum Gasteiger partial charge on any atom is 0.239 e. The van der Waals surface area contributed by atoms with Crippen LogP contribution in [0.3, 0.4) is 0 Å². The first-order chi connectivity index (χ1) is 8.04. The van der Waals surface area contributed by atoms with E-state index < -0.39 is 0 Å². The molecule has 5 nitrogen and oxygen atoms in total. The average Bonchev–Trinajstić information content (AvgIpc) is 2.29. The Morgan fingerprint density at radius 2 is 2.35 bits per heavy atom. The fourth-order valence-corrected chi connectivity index (χ4v) is 1.84. The van der Waals surface area contributed by atoms with Crippen molar-refractivity contribution < 1.29 is 4.79 Å². The molecule has 0 atom stereocenters. The number of aromatic nitrogens is 2. The molecule has 0 saturated carbocycles. The van der Waals surface area contributed by atoms with Gasteiger partial charge in [-0.3, -0.25) is 4.79 Å². The van der Waals surface area contributed by atoms with Crippen molar-refractivity contribution in [1.29, 1.82) is 0 Å². The number of amides is 1. The number of likely N-dealkylation sites (N-methyl/N-ethyl adjacent to an activating group) is 1. The molecule has 0 radical (unpaired) electrons. The maximum atomic E-state index is 11.5. The third kappa shape index (κ3) is 4.47. The Labute approximate surface area is 114 Å². The average molecular weight is 322 g/mol. The lowest BCUT2D eigenvalue weighted by Crippen LogP contribution is -2.36. The predicted octanol–water partition coefficient (Wildman–Crippen LogP) is 1.85. The molecule has 1 rings (SSSR count). The summed E-state index contributed by atoms with van der Waals surface area (Å²) in [5.41, 5.74) is 0. The van der Waals surface area contributed by atoms with Gasteiger partial charge in [0.25, 0.3) is 0 Å². The summed E-state index contributed by atoms with van der Waals surface area (Å²) in [5.74, 6) is 0.549. The summed E-state index contributed by atoms with van der Waals surface area (Å²) in [6, 6.07) is 0. The maximum absolute atomic E-state index is 11.5. The van der Waals surface area contributed by atoms with Crippen LogP contribution in [0, 0.1) is 0 Å². The van der Waals surface area contributed by atoms with Crippen LogP contribution in [0.5, 0.6) is 0 Å². The van der Waals surface area contributed by atoms with E-state index in [1.165, 1.54) is 0 Å². The van der Waals surface area contributed by atoms with Crippen LogP contribution >= 0.6 is 27.5 Å². The van der Waals surface area contributed by atoms with Crippen LogP contribution in [0.25, 0.3) is 0 Å². The molecule has 1 aromatic heterocycles. The third-order valence-electron chi connectivity index (χ3n) is 2.01. The Morgan fingerprint density at radius 3 is 3.00 bits per heavy atom.